The molecule has 3 N–H and O–H groups in total. The Balaban J connectivity index is 2.28. The molecule has 1 rings (SSSR count). The van der Waals surface area contributed by atoms with Crippen LogP contribution in [-0.2, 0) is 4.79 Å². The molecule has 1 saturated carbocycles. The fraction of sp³-hybridized carbons (Fsp3) is 0.923. The number of likely N-dealkylation sites (N-methyl/N-ethyl adjacent to an activating group) is 1. The van der Waals surface area contributed by atoms with Crippen molar-refractivity contribution in [1.82, 2.24) is 10.2 Å². The summed E-state index contributed by atoms with van der Waals surface area (Å²) in [6, 6.07) is 0.653. The maximum atomic E-state index is 11.8. The van der Waals surface area contributed by atoms with Crippen molar-refractivity contribution < 1.29 is 4.79 Å². The minimum absolute atomic E-state index is 0.118. The van der Waals surface area contributed by atoms with Crippen LogP contribution in [0.3, 0.4) is 0 Å². The quantitative estimate of drug-likeness (QED) is 0.665. The SMILES string of the molecule is CCCC(C)NC(=O)CN(C)C(CN)C1CC1. The van der Waals surface area contributed by atoms with E-state index in [0.717, 1.165) is 12.8 Å². The standard InChI is InChI=1S/C13H27N3O/c1-4-5-10(2)15-13(17)9-16(3)12(8-14)11-6-7-11/h10-12H,4-9,14H2,1-3H3,(H,15,17). The van der Waals surface area contributed by atoms with Gasteiger partial charge in [0.2, 0.25) is 5.91 Å². The second kappa shape index (κ2) is 6.97. The highest BCUT2D eigenvalue weighted by atomic mass is 16.2. The van der Waals surface area contributed by atoms with Crippen LogP contribution in [-0.4, -0.2) is 43.0 Å². The first-order chi connectivity index (χ1) is 8.08. The van der Waals surface area contributed by atoms with Gasteiger partial charge >= 0.3 is 0 Å². The van der Waals surface area contributed by atoms with Crippen molar-refractivity contribution in [2.24, 2.45) is 11.7 Å². The maximum absolute atomic E-state index is 11.8. The van der Waals surface area contributed by atoms with Gasteiger partial charge in [-0.2, -0.15) is 0 Å². The van der Waals surface area contributed by atoms with Gasteiger partial charge in [0.15, 0.2) is 0 Å². The second-order valence-electron chi connectivity index (χ2n) is 5.31. The number of nitrogens with two attached hydrogens (primary N) is 1. The first-order valence-electron chi connectivity index (χ1n) is 6.78. The third-order valence-corrected chi connectivity index (χ3v) is 3.50. The van der Waals surface area contributed by atoms with Crippen molar-refractivity contribution in [3.63, 3.8) is 0 Å². The number of rotatable bonds is 8. The smallest absolute Gasteiger partial charge is 0.234 e. The van der Waals surface area contributed by atoms with Gasteiger partial charge in [-0.3, -0.25) is 9.69 Å². The fourth-order valence-corrected chi connectivity index (χ4v) is 2.38. The number of nitrogens with one attached hydrogen (secondary N) is 1. The monoisotopic (exact) mass is 241 g/mol. The Morgan fingerprint density at radius 3 is 2.65 bits per heavy atom. The lowest BCUT2D eigenvalue weighted by Gasteiger charge is -2.26. The van der Waals surface area contributed by atoms with E-state index in [1.54, 1.807) is 0 Å². The van der Waals surface area contributed by atoms with E-state index in [0.29, 0.717) is 25.0 Å². The number of nitrogens with zero attached hydrogens (tertiary/aromatic N) is 1. The van der Waals surface area contributed by atoms with Crippen LogP contribution in [0.1, 0.15) is 39.5 Å². The van der Waals surface area contributed by atoms with Crippen LogP contribution >= 0.6 is 0 Å². The summed E-state index contributed by atoms with van der Waals surface area (Å²) in [4.78, 5) is 13.9. The fourth-order valence-electron chi connectivity index (χ4n) is 2.38. The highest BCUT2D eigenvalue weighted by Gasteiger charge is 2.33. The molecule has 2 unspecified atom stereocenters. The lowest BCUT2D eigenvalue weighted by molar-refractivity contribution is -0.123. The van der Waals surface area contributed by atoms with E-state index >= 15 is 0 Å². The molecule has 0 heterocycles. The molecule has 0 aromatic heterocycles. The Morgan fingerprint density at radius 1 is 1.53 bits per heavy atom. The predicted molar refractivity (Wildman–Crippen MR) is 70.7 cm³/mol. The third kappa shape index (κ3) is 5.04. The van der Waals surface area contributed by atoms with E-state index < -0.39 is 0 Å². The van der Waals surface area contributed by atoms with E-state index in [1.165, 1.54) is 12.8 Å². The normalized spacial score (nSPS) is 19.1. The van der Waals surface area contributed by atoms with Crippen molar-refractivity contribution >= 4 is 5.91 Å². The Morgan fingerprint density at radius 2 is 2.18 bits per heavy atom. The molecule has 1 aliphatic rings. The molecule has 0 bridgehead atoms. The molecular weight excluding hydrogens is 214 g/mol. The van der Waals surface area contributed by atoms with Gasteiger partial charge in [0.05, 0.1) is 6.54 Å². The Labute approximate surface area is 105 Å². The van der Waals surface area contributed by atoms with E-state index in [1.807, 2.05) is 7.05 Å². The van der Waals surface area contributed by atoms with Crippen molar-refractivity contribution in [2.45, 2.75) is 51.6 Å². The van der Waals surface area contributed by atoms with Gasteiger partial charge in [-0.05, 0) is 39.2 Å². The van der Waals surface area contributed by atoms with Crippen LogP contribution < -0.4 is 11.1 Å². The molecule has 1 aliphatic carbocycles. The molecule has 4 nitrogen and oxygen atoms in total. The maximum Gasteiger partial charge on any atom is 0.234 e. The van der Waals surface area contributed by atoms with Gasteiger partial charge < -0.3 is 11.1 Å². The summed E-state index contributed by atoms with van der Waals surface area (Å²) in [7, 11) is 2.00. The molecular formula is C13H27N3O. The third-order valence-electron chi connectivity index (χ3n) is 3.50. The zero-order valence-electron chi connectivity index (χ0n) is 11.4. The summed E-state index contributed by atoms with van der Waals surface area (Å²) in [5.74, 6) is 0.832. The molecule has 100 valence electrons. The first kappa shape index (κ1) is 14.5. The molecule has 17 heavy (non-hydrogen) atoms. The minimum atomic E-state index is 0.118. The molecule has 0 saturated heterocycles. The summed E-state index contributed by atoms with van der Waals surface area (Å²) in [6.45, 7) is 5.31. The number of carbonyl (C=O) groups excluding carboxylic acids is 1. The zero-order valence-corrected chi connectivity index (χ0v) is 11.4. The van der Waals surface area contributed by atoms with Gasteiger partial charge in [0, 0.05) is 18.6 Å². The summed E-state index contributed by atoms with van der Waals surface area (Å²) in [5, 5.41) is 3.03. The van der Waals surface area contributed by atoms with Crippen molar-refractivity contribution in [1.29, 1.82) is 0 Å². The first-order valence-corrected chi connectivity index (χ1v) is 6.78. The largest absolute Gasteiger partial charge is 0.353 e. The van der Waals surface area contributed by atoms with Gasteiger partial charge in [-0.15, -0.1) is 0 Å². The summed E-state index contributed by atoms with van der Waals surface area (Å²) in [6.07, 6.45) is 4.67. The van der Waals surface area contributed by atoms with Crippen LogP contribution in [0, 0.1) is 5.92 Å². The van der Waals surface area contributed by atoms with Crippen LogP contribution in [0.2, 0.25) is 0 Å². The molecule has 0 spiro atoms. The van der Waals surface area contributed by atoms with Crippen LogP contribution in [0.25, 0.3) is 0 Å². The van der Waals surface area contributed by atoms with Gasteiger partial charge in [-0.1, -0.05) is 13.3 Å². The molecule has 1 fully saturated rings. The lowest BCUT2D eigenvalue weighted by Crippen LogP contribution is -2.46. The molecule has 0 aliphatic heterocycles. The van der Waals surface area contributed by atoms with Gasteiger partial charge in [-0.25, -0.2) is 0 Å². The number of amides is 1. The zero-order chi connectivity index (χ0) is 12.8. The van der Waals surface area contributed by atoms with E-state index in [-0.39, 0.29) is 11.9 Å². The molecule has 0 aromatic carbocycles. The van der Waals surface area contributed by atoms with Crippen molar-refractivity contribution in [3.05, 3.63) is 0 Å². The molecule has 0 aromatic rings. The molecule has 1 amide bonds. The Bertz CT molecular complexity index is 241. The Kier molecular flexibility index (Phi) is 5.92. The minimum Gasteiger partial charge on any atom is -0.353 e. The van der Waals surface area contributed by atoms with Crippen LogP contribution in [0.4, 0.5) is 0 Å². The van der Waals surface area contributed by atoms with E-state index in [9.17, 15) is 4.79 Å². The molecule has 2 atom stereocenters. The number of hydrogen-bond donors (Lipinski definition) is 2. The summed E-state index contributed by atoms with van der Waals surface area (Å²) >= 11 is 0. The van der Waals surface area contributed by atoms with Crippen molar-refractivity contribution in [3.8, 4) is 0 Å². The number of hydrogen-bond acceptors (Lipinski definition) is 3. The highest BCUT2D eigenvalue weighted by molar-refractivity contribution is 5.78. The average Bonchev–Trinajstić information content (AvgIpc) is 3.02. The molecule has 4 heteroatoms. The summed E-state index contributed by atoms with van der Waals surface area (Å²) in [5.41, 5.74) is 5.77. The van der Waals surface area contributed by atoms with Crippen molar-refractivity contribution in [2.75, 3.05) is 20.1 Å². The topological polar surface area (TPSA) is 58.4 Å². The predicted octanol–water partition coefficient (Wildman–Crippen LogP) is 0.960. The van der Waals surface area contributed by atoms with Gasteiger partial charge in [0.1, 0.15) is 0 Å². The van der Waals surface area contributed by atoms with Crippen LogP contribution in [0.15, 0.2) is 0 Å². The average molecular weight is 241 g/mol. The second-order valence-corrected chi connectivity index (χ2v) is 5.31. The van der Waals surface area contributed by atoms with Gasteiger partial charge in [0.25, 0.3) is 0 Å². The van der Waals surface area contributed by atoms with E-state index in [2.05, 4.69) is 24.1 Å². The summed E-state index contributed by atoms with van der Waals surface area (Å²) < 4.78 is 0. The molecule has 0 radical (unpaired) electrons. The lowest BCUT2D eigenvalue weighted by atomic mass is 10.1. The number of carbonyl (C=O) groups is 1. The van der Waals surface area contributed by atoms with E-state index in [4.69, 9.17) is 5.73 Å². The van der Waals surface area contributed by atoms with Crippen LogP contribution in [0.5, 0.6) is 0 Å². The highest BCUT2D eigenvalue weighted by Crippen LogP contribution is 2.34. The Hall–Kier alpha value is -0.610.